The molecule has 2 aromatic carbocycles. The lowest BCUT2D eigenvalue weighted by atomic mass is 9.99. The highest BCUT2D eigenvalue weighted by Gasteiger charge is 2.19. The molecule has 0 aliphatic carbocycles. The molecule has 0 bridgehead atoms. The first-order chi connectivity index (χ1) is 12.6. The monoisotopic (exact) mass is 369 g/mol. The maximum atomic E-state index is 12.5. The third-order valence-corrected chi connectivity index (χ3v) is 4.99. The molecule has 136 valence electrons. The number of rotatable bonds is 7. The summed E-state index contributed by atoms with van der Waals surface area (Å²) < 4.78 is 5.40. The first-order valence-corrected chi connectivity index (χ1v) is 9.98. The van der Waals surface area contributed by atoms with Gasteiger partial charge in [0.15, 0.2) is 5.69 Å². The van der Waals surface area contributed by atoms with E-state index >= 15 is 0 Å². The number of benzene rings is 2. The molecule has 0 saturated heterocycles. The van der Waals surface area contributed by atoms with Gasteiger partial charge in [-0.3, -0.25) is 4.79 Å². The molecule has 0 radical (unpaired) electrons. The molecule has 26 heavy (non-hydrogen) atoms. The summed E-state index contributed by atoms with van der Waals surface area (Å²) in [4.78, 5) is 16.8. The lowest BCUT2D eigenvalue weighted by Gasteiger charge is -2.16. The highest BCUT2D eigenvalue weighted by atomic mass is 32.2. The quantitative estimate of drug-likeness (QED) is 0.656. The number of nitrogens with zero attached hydrogens (tertiary/aromatic N) is 1. The van der Waals surface area contributed by atoms with Crippen molar-refractivity contribution in [2.45, 2.75) is 25.4 Å². The predicted octanol–water partition coefficient (Wildman–Crippen LogP) is 4.07. The Labute approximate surface area is 157 Å². The first-order valence-electron chi connectivity index (χ1n) is 8.58. The molecule has 1 amide bonds. The van der Waals surface area contributed by atoms with Gasteiger partial charge in [0.2, 0.25) is 5.89 Å². The van der Waals surface area contributed by atoms with Crippen LogP contribution in [0.3, 0.4) is 0 Å². The number of fused-ring (bicyclic) bond motifs is 1. The van der Waals surface area contributed by atoms with E-state index in [0.717, 1.165) is 28.5 Å². The van der Waals surface area contributed by atoms with E-state index in [1.165, 1.54) is 6.26 Å². The van der Waals surface area contributed by atoms with Crippen molar-refractivity contribution in [2.75, 3.05) is 12.0 Å². The van der Waals surface area contributed by atoms with Crippen molar-refractivity contribution in [1.82, 2.24) is 10.3 Å². The fraction of sp³-hybridized carbons (Fsp3) is 0.300. The summed E-state index contributed by atoms with van der Waals surface area (Å²) in [7, 11) is 0. The highest BCUT2D eigenvalue weighted by Crippen LogP contribution is 2.24. The van der Waals surface area contributed by atoms with Crippen molar-refractivity contribution in [2.24, 2.45) is 5.73 Å². The zero-order chi connectivity index (χ0) is 18.5. The van der Waals surface area contributed by atoms with Crippen LogP contribution in [0.25, 0.3) is 10.8 Å². The Morgan fingerprint density at radius 1 is 1.27 bits per heavy atom. The molecule has 1 heterocycles. The average Bonchev–Trinajstić information content (AvgIpc) is 3.16. The van der Waals surface area contributed by atoms with Crippen LogP contribution in [-0.2, 0) is 0 Å². The molecular formula is C20H23N3O2S. The van der Waals surface area contributed by atoms with Crippen LogP contribution >= 0.6 is 11.8 Å². The van der Waals surface area contributed by atoms with Crippen LogP contribution in [0.2, 0.25) is 0 Å². The zero-order valence-corrected chi connectivity index (χ0v) is 15.8. The van der Waals surface area contributed by atoms with Gasteiger partial charge in [0.05, 0.1) is 12.1 Å². The summed E-state index contributed by atoms with van der Waals surface area (Å²) in [5.41, 5.74) is 7.37. The lowest BCUT2D eigenvalue weighted by Crippen LogP contribution is -2.27. The van der Waals surface area contributed by atoms with Gasteiger partial charge in [-0.25, -0.2) is 4.98 Å². The van der Waals surface area contributed by atoms with Gasteiger partial charge in [0.25, 0.3) is 5.91 Å². The third kappa shape index (κ3) is 4.08. The number of hydrogen-bond acceptors (Lipinski definition) is 5. The lowest BCUT2D eigenvalue weighted by molar-refractivity contribution is 0.0935. The first kappa shape index (κ1) is 18.5. The normalized spacial score (nSPS) is 13.5. The number of thioether (sulfide) groups is 1. The van der Waals surface area contributed by atoms with Gasteiger partial charge < -0.3 is 15.5 Å². The van der Waals surface area contributed by atoms with Crippen molar-refractivity contribution in [3.8, 4) is 0 Å². The Balaban J connectivity index is 1.72. The maximum Gasteiger partial charge on any atom is 0.273 e. The number of oxazole rings is 1. The molecule has 3 rings (SSSR count). The number of aromatic nitrogens is 1. The second-order valence-electron chi connectivity index (χ2n) is 6.22. The van der Waals surface area contributed by atoms with E-state index in [4.69, 9.17) is 10.2 Å². The van der Waals surface area contributed by atoms with Crippen LogP contribution < -0.4 is 11.1 Å². The van der Waals surface area contributed by atoms with Crippen LogP contribution in [0.4, 0.5) is 0 Å². The minimum absolute atomic E-state index is 0.154. The molecule has 6 heteroatoms. The number of carbonyl (C=O) groups is 1. The topological polar surface area (TPSA) is 81.1 Å². The Morgan fingerprint density at radius 3 is 2.85 bits per heavy atom. The van der Waals surface area contributed by atoms with Gasteiger partial charge in [-0.1, -0.05) is 42.5 Å². The summed E-state index contributed by atoms with van der Waals surface area (Å²) >= 11 is 1.72. The molecule has 2 unspecified atom stereocenters. The molecule has 0 spiro atoms. The molecule has 0 aliphatic rings. The van der Waals surface area contributed by atoms with Crippen molar-refractivity contribution in [3.05, 3.63) is 65.9 Å². The van der Waals surface area contributed by atoms with Gasteiger partial charge in [-0.15, -0.1) is 0 Å². The van der Waals surface area contributed by atoms with Gasteiger partial charge in [-0.2, -0.15) is 11.8 Å². The summed E-state index contributed by atoms with van der Waals surface area (Å²) in [6.07, 6.45) is 4.16. The molecule has 2 atom stereocenters. The number of nitrogens with one attached hydrogen (secondary N) is 1. The minimum atomic E-state index is -0.292. The maximum absolute atomic E-state index is 12.5. The predicted molar refractivity (Wildman–Crippen MR) is 106 cm³/mol. The van der Waals surface area contributed by atoms with E-state index in [2.05, 4.69) is 28.5 Å². The second kappa shape index (κ2) is 8.38. The van der Waals surface area contributed by atoms with E-state index in [1.807, 2.05) is 37.4 Å². The van der Waals surface area contributed by atoms with Gasteiger partial charge in [0.1, 0.15) is 6.26 Å². The van der Waals surface area contributed by atoms with Crippen molar-refractivity contribution in [3.63, 3.8) is 0 Å². The largest absolute Gasteiger partial charge is 0.446 e. The van der Waals surface area contributed by atoms with E-state index in [1.54, 1.807) is 11.8 Å². The van der Waals surface area contributed by atoms with Gasteiger partial charge in [-0.05, 0) is 41.7 Å². The summed E-state index contributed by atoms with van der Waals surface area (Å²) in [6.45, 7) is 1.96. The molecule has 3 aromatic rings. The Bertz CT molecular complexity index is 888. The van der Waals surface area contributed by atoms with Crippen LogP contribution in [0, 0.1) is 0 Å². The molecule has 1 aromatic heterocycles. The SMILES string of the molecule is CSCCC(N)c1nc(C(=O)NC(C)c2cccc3ccccc23)co1. The van der Waals surface area contributed by atoms with E-state index in [9.17, 15) is 4.79 Å². The Hall–Kier alpha value is -2.31. The summed E-state index contributed by atoms with van der Waals surface area (Å²) in [5, 5.41) is 5.27. The minimum Gasteiger partial charge on any atom is -0.446 e. The standard InChI is InChI=1S/C20H23N3O2S/c1-13(15-9-5-7-14-6-3-4-8-16(14)15)22-19(24)18-12-25-20(23-18)17(21)10-11-26-2/h3-9,12-13,17H,10-11,21H2,1-2H3,(H,22,24). The number of nitrogens with two attached hydrogens (primary N) is 1. The highest BCUT2D eigenvalue weighted by molar-refractivity contribution is 7.98. The molecule has 5 nitrogen and oxygen atoms in total. The van der Waals surface area contributed by atoms with Crippen molar-refractivity contribution < 1.29 is 9.21 Å². The summed E-state index contributed by atoms with van der Waals surface area (Å²) in [5.74, 6) is 1.06. The fourth-order valence-electron chi connectivity index (χ4n) is 2.91. The Kier molecular flexibility index (Phi) is 5.96. The van der Waals surface area contributed by atoms with E-state index in [0.29, 0.717) is 5.89 Å². The number of carbonyl (C=O) groups excluding carboxylic acids is 1. The smallest absolute Gasteiger partial charge is 0.273 e. The molecule has 3 N–H and O–H groups in total. The van der Waals surface area contributed by atoms with Crippen molar-refractivity contribution in [1.29, 1.82) is 0 Å². The van der Waals surface area contributed by atoms with Crippen LogP contribution in [-0.4, -0.2) is 22.9 Å². The van der Waals surface area contributed by atoms with Crippen LogP contribution in [0.15, 0.2) is 53.1 Å². The molecule has 0 fully saturated rings. The zero-order valence-electron chi connectivity index (χ0n) is 14.9. The fourth-order valence-corrected chi connectivity index (χ4v) is 3.40. The van der Waals surface area contributed by atoms with Gasteiger partial charge >= 0.3 is 0 Å². The van der Waals surface area contributed by atoms with Crippen LogP contribution in [0.5, 0.6) is 0 Å². The number of amides is 1. The van der Waals surface area contributed by atoms with E-state index < -0.39 is 0 Å². The Morgan fingerprint density at radius 2 is 2.04 bits per heavy atom. The molecule has 0 aliphatic heterocycles. The molecular weight excluding hydrogens is 346 g/mol. The second-order valence-corrected chi connectivity index (χ2v) is 7.21. The van der Waals surface area contributed by atoms with Gasteiger partial charge in [0, 0.05) is 0 Å². The average molecular weight is 369 g/mol. The van der Waals surface area contributed by atoms with E-state index in [-0.39, 0.29) is 23.7 Å². The number of hydrogen-bond donors (Lipinski definition) is 2. The summed E-state index contributed by atoms with van der Waals surface area (Å²) in [6, 6.07) is 13.8. The third-order valence-electron chi connectivity index (χ3n) is 4.34. The molecule has 0 saturated carbocycles. The van der Waals surface area contributed by atoms with Crippen LogP contribution in [0.1, 0.15) is 47.4 Å². The van der Waals surface area contributed by atoms with Crippen molar-refractivity contribution >= 4 is 28.4 Å².